The van der Waals surface area contributed by atoms with E-state index in [1.807, 2.05) is 30.3 Å². The number of rotatable bonds is 3. The van der Waals surface area contributed by atoms with Gasteiger partial charge in [-0.2, -0.15) is 0 Å². The van der Waals surface area contributed by atoms with Gasteiger partial charge in [0.1, 0.15) is 5.54 Å². The Labute approximate surface area is 137 Å². The molecule has 0 spiro atoms. The summed E-state index contributed by atoms with van der Waals surface area (Å²) in [5.41, 5.74) is -0.107. The molecule has 1 aromatic rings. The van der Waals surface area contributed by atoms with Crippen LogP contribution in [0.15, 0.2) is 30.3 Å². The molecule has 0 bridgehead atoms. The Balaban J connectivity index is 1.73. The Hall–Kier alpha value is -1.88. The first-order valence-electron chi connectivity index (χ1n) is 8.64. The fourth-order valence-electron chi connectivity index (χ4n) is 3.59. The van der Waals surface area contributed by atoms with Gasteiger partial charge in [-0.3, -0.25) is 4.79 Å². The van der Waals surface area contributed by atoms with E-state index in [0.717, 1.165) is 18.7 Å². The second kappa shape index (κ2) is 6.71. The van der Waals surface area contributed by atoms with Gasteiger partial charge in [-0.25, -0.2) is 9.69 Å². The Kier molecular flexibility index (Phi) is 4.66. The van der Waals surface area contributed by atoms with Gasteiger partial charge in [0.15, 0.2) is 6.67 Å². The SMILES string of the molecule is C[C@]1(c2ccccc2)NC(=O)N(C[NH+]2CCCCCCC2)C1=O. The number of urea groups is 1. The number of benzene rings is 1. The van der Waals surface area contributed by atoms with Gasteiger partial charge in [0, 0.05) is 0 Å². The molecule has 3 rings (SSSR count). The van der Waals surface area contributed by atoms with Crippen LogP contribution in [0.3, 0.4) is 0 Å². The van der Waals surface area contributed by atoms with Gasteiger partial charge in [0.2, 0.25) is 0 Å². The van der Waals surface area contributed by atoms with Gasteiger partial charge >= 0.3 is 6.03 Å². The normalized spacial score (nSPS) is 26.7. The van der Waals surface area contributed by atoms with E-state index in [0.29, 0.717) is 6.67 Å². The average molecular weight is 316 g/mol. The molecule has 5 nitrogen and oxygen atoms in total. The first-order chi connectivity index (χ1) is 11.1. The van der Waals surface area contributed by atoms with Crippen LogP contribution in [0.2, 0.25) is 0 Å². The van der Waals surface area contributed by atoms with Crippen LogP contribution in [0.5, 0.6) is 0 Å². The fourth-order valence-corrected chi connectivity index (χ4v) is 3.59. The van der Waals surface area contributed by atoms with Gasteiger partial charge in [0.05, 0.1) is 13.1 Å². The van der Waals surface area contributed by atoms with E-state index in [1.54, 1.807) is 6.92 Å². The third kappa shape index (κ3) is 3.24. The smallest absolute Gasteiger partial charge is 0.319 e. The number of carbonyl (C=O) groups excluding carboxylic acids is 2. The third-order valence-corrected chi connectivity index (χ3v) is 5.07. The van der Waals surface area contributed by atoms with Crippen LogP contribution in [0.25, 0.3) is 0 Å². The molecule has 23 heavy (non-hydrogen) atoms. The lowest BCUT2D eigenvalue weighted by atomic mass is 9.92. The van der Waals surface area contributed by atoms with Gasteiger partial charge in [-0.1, -0.05) is 36.8 Å². The molecular formula is C18H26N3O2+. The number of nitrogens with one attached hydrogen (secondary N) is 2. The minimum atomic E-state index is -0.944. The van der Waals surface area contributed by atoms with E-state index < -0.39 is 5.54 Å². The largest absolute Gasteiger partial charge is 0.329 e. The van der Waals surface area contributed by atoms with Crippen LogP contribution in [-0.4, -0.2) is 36.6 Å². The van der Waals surface area contributed by atoms with E-state index in [2.05, 4.69) is 5.32 Å². The maximum atomic E-state index is 12.9. The van der Waals surface area contributed by atoms with E-state index in [9.17, 15) is 9.59 Å². The molecule has 2 aliphatic rings. The van der Waals surface area contributed by atoms with Crippen LogP contribution in [-0.2, 0) is 10.3 Å². The van der Waals surface area contributed by atoms with Crippen molar-refractivity contribution in [1.29, 1.82) is 0 Å². The maximum absolute atomic E-state index is 12.9. The van der Waals surface area contributed by atoms with Crippen LogP contribution < -0.4 is 10.2 Å². The second-order valence-corrected chi connectivity index (χ2v) is 6.83. The molecule has 3 amide bonds. The molecule has 2 fully saturated rings. The van der Waals surface area contributed by atoms with E-state index in [-0.39, 0.29) is 11.9 Å². The van der Waals surface area contributed by atoms with Crippen molar-refractivity contribution in [1.82, 2.24) is 10.2 Å². The Morgan fingerprint density at radius 1 is 1.04 bits per heavy atom. The summed E-state index contributed by atoms with van der Waals surface area (Å²) in [6, 6.07) is 9.22. The quantitative estimate of drug-likeness (QED) is 0.825. The molecule has 124 valence electrons. The van der Waals surface area contributed by atoms with Crippen molar-refractivity contribution in [2.45, 2.75) is 44.6 Å². The molecule has 2 N–H and O–H groups in total. The molecule has 0 saturated carbocycles. The van der Waals surface area contributed by atoms with E-state index >= 15 is 0 Å². The Morgan fingerprint density at radius 3 is 2.30 bits per heavy atom. The molecule has 5 heteroatoms. The Morgan fingerprint density at radius 2 is 1.65 bits per heavy atom. The highest BCUT2D eigenvalue weighted by Gasteiger charge is 2.50. The van der Waals surface area contributed by atoms with Crippen LogP contribution in [0.1, 0.15) is 44.6 Å². The predicted molar refractivity (Wildman–Crippen MR) is 87.8 cm³/mol. The lowest BCUT2D eigenvalue weighted by Gasteiger charge is -2.26. The van der Waals surface area contributed by atoms with Gasteiger partial charge < -0.3 is 10.2 Å². The summed E-state index contributed by atoms with van der Waals surface area (Å²) in [6.07, 6.45) is 6.17. The van der Waals surface area contributed by atoms with Gasteiger partial charge in [0.25, 0.3) is 5.91 Å². The number of quaternary nitrogens is 1. The second-order valence-electron chi connectivity index (χ2n) is 6.83. The summed E-state index contributed by atoms with van der Waals surface area (Å²) in [4.78, 5) is 28.0. The molecule has 1 aromatic carbocycles. The van der Waals surface area contributed by atoms with Gasteiger partial charge in [-0.05, 0) is 38.2 Å². The third-order valence-electron chi connectivity index (χ3n) is 5.07. The van der Waals surface area contributed by atoms with Crippen molar-refractivity contribution >= 4 is 11.9 Å². The summed E-state index contributed by atoms with van der Waals surface area (Å²) < 4.78 is 0. The molecule has 0 unspecified atom stereocenters. The minimum Gasteiger partial charge on any atom is -0.319 e. The predicted octanol–water partition coefficient (Wildman–Crippen LogP) is 1.26. The molecule has 0 radical (unpaired) electrons. The summed E-state index contributed by atoms with van der Waals surface area (Å²) >= 11 is 0. The molecule has 0 aromatic heterocycles. The highest BCUT2D eigenvalue weighted by molar-refractivity contribution is 6.07. The number of nitrogens with zero attached hydrogens (tertiary/aromatic N) is 1. The van der Waals surface area contributed by atoms with Crippen molar-refractivity contribution in [3.05, 3.63) is 35.9 Å². The number of amides is 3. The molecule has 0 aliphatic carbocycles. The zero-order chi connectivity index (χ0) is 16.3. The van der Waals surface area contributed by atoms with Crippen molar-refractivity contribution in [2.75, 3.05) is 19.8 Å². The number of imide groups is 1. The molecule has 2 aliphatic heterocycles. The van der Waals surface area contributed by atoms with Crippen molar-refractivity contribution in [3.63, 3.8) is 0 Å². The van der Waals surface area contributed by atoms with Crippen molar-refractivity contribution in [2.24, 2.45) is 0 Å². The summed E-state index contributed by atoms with van der Waals surface area (Å²) in [6.45, 7) is 4.36. The molecule has 2 heterocycles. The molecule has 1 atom stereocenters. The minimum absolute atomic E-state index is 0.136. The lowest BCUT2D eigenvalue weighted by Crippen LogP contribution is -3.13. The number of hydrogen-bond acceptors (Lipinski definition) is 2. The topological polar surface area (TPSA) is 53.9 Å². The zero-order valence-corrected chi connectivity index (χ0v) is 13.8. The summed E-state index contributed by atoms with van der Waals surface area (Å²) in [7, 11) is 0. The van der Waals surface area contributed by atoms with Crippen LogP contribution >= 0.6 is 0 Å². The zero-order valence-electron chi connectivity index (χ0n) is 13.8. The van der Waals surface area contributed by atoms with Crippen molar-refractivity contribution < 1.29 is 14.5 Å². The highest BCUT2D eigenvalue weighted by atomic mass is 16.2. The standard InChI is InChI=1S/C18H25N3O2/c1-18(15-10-6-5-7-11-15)16(22)21(17(23)19-18)14-20-12-8-3-2-4-9-13-20/h5-7,10-11H,2-4,8-9,12-14H2,1H3,(H,19,23)/p+1/t18-/m1/s1. The number of likely N-dealkylation sites (tertiary alicyclic amines) is 1. The van der Waals surface area contributed by atoms with E-state index in [4.69, 9.17) is 0 Å². The first kappa shape index (κ1) is 16.0. The monoisotopic (exact) mass is 316 g/mol. The molecular weight excluding hydrogens is 290 g/mol. The highest BCUT2D eigenvalue weighted by Crippen LogP contribution is 2.27. The van der Waals surface area contributed by atoms with E-state index in [1.165, 1.54) is 41.9 Å². The fraction of sp³-hybridized carbons (Fsp3) is 0.556. The average Bonchev–Trinajstić information content (AvgIpc) is 2.74. The van der Waals surface area contributed by atoms with Crippen LogP contribution in [0, 0.1) is 0 Å². The van der Waals surface area contributed by atoms with Crippen molar-refractivity contribution in [3.8, 4) is 0 Å². The lowest BCUT2D eigenvalue weighted by molar-refractivity contribution is -0.908. The first-order valence-corrected chi connectivity index (χ1v) is 8.64. The summed E-state index contributed by atoms with van der Waals surface area (Å²) in [5.74, 6) is -0.136. The summed E-state index contributed by atoms with van der Waals surface area (Å²) in [5, 5.41) is 2.89. The Bertz CT molecular complexity index is 567. The van der Waals surface area contributed by atoms with Gasteiger partial charge in [-0.15, -0.1) is 0 Å². The molecule has 2 saturated heterocycles. The van der Waals surface area contributed by atoms with Crippen LogP contribution in [0.4, 0.5) is 4.79 Å². The number of carbonyl (C=O) groups is 2. The number of hydrogen-bond donors (Lipinski definition) is 2. The maximum Gasteiger partial charge on any atom is 0.329 e.